The number of fused-ring (bicyclic) bond motifs is 1. The number of nitrogens with zero attached hydrogens (tertiary/aromatic N) is 2. The lowest BCUT2D eigenvalue weighted by molar-refractivity contribution is -0.142. The van der Waals surface area contributed by atoms with Crippen LogP contribution < -0.4 is 15.4 Å². The number of ether oxygens (including phenoxy) is 3. The van der Waals surface area contributed by atoms with Crippen LogP contribution in [0.15, 0.2) is 59.1 Å². The van der Waals surface area contributed by atoms with Gasteiger partial charge in [-0.2, -0.15) is 0 Å². The molecule has 0 aliphatic carbocycles. The van der Waals surface area contributed by atoms with Crippen LogP contribution in [0.2, 0.25) is 5.02 Å². The zero-order chi connectivity index (χ0) is 32.6. The van der Waals surface area contributed by atoms with E-state index in [1.165, 1.54) is 6.92 Å². The number of benzene rings is 3. The van der Waals surface area contributed by atoms with E-state index in [2.05, 4.69) is 20.8 Å². The number of nitrogens with two attached hydrogens (primary N) is 1. The van der Waals surface area contributed by atoms with E-state index < -0.39 is 11.9 Å². The monoisotopic (exact) mass is 685 g/mol. The van der Waals surface area contributed by atoms with Crippen molar-refractivity contribution >= 4 is 67.7 Å². The highest BCUT2D eigenvalue weighted by atomic mass is 79.9. The summed E-state index contributed by atoms with van der Waals surface area (Å²) >= 11 is 9.32. The lowest BCUT2D eigenvalue weighted by atomic mass is 10.1. The standard InChI is InChI=1S/C17H14ClNO2.C16H23BrN2O4/c1-11-9-13-10-15(21-2)7-8-16(13)19(11)17(20)12-3-5-14(18)6-4-12;1-5-19(6-2)13-9-12(10(3)14(17)15(13)18)16(21)23-8-7-22-11(4)20/h3-10H,1-2H3;9H,5-8,18H2,1-4H3. The number of nitrogen functional groups attached to an aromatic ring is 1. The minimum absolute atomic E-state index is 0.0143. The molecule has 0 saturated heterocycles. The van der Waals surface area contributed by atoms with Crippen LogP contribution >= 0.6 is 27.5 Å². The average molecular weight is 687 g/mol. The zero-order valence-corrected chi connectivity index (χ0v) is 28.0. The van der Waals surface area contributed by atoms with E-state index in [0.29, 0.717) is 26.3 Å². The van der Waals surface area contributed by atoms with E-state index in [4.69, 9.17) is 31.5 Å². The average Bonchev–Trinajstić information content (AvgIpc) is 3.34. The van der Waals surface area contributed by atoms with Crippen LogP contribution in [-0.2, 0) is 14.3 Å². The lowest BCUT2D eigenvalue weighted by Crippen LogP contribution is -2.24. The predicted octanol–water partition coefficient (Wildman–Crippen LogP) is 7.21. The first-order valence-corrected chi connectivity index (χ1v) is 15.2. The summed E-state index contributed by atoms with van der Waals surface area (Å²) in [7, 11) is 1.63. The van der Waals surface area contributed by atoms with Crippen molar-refractivity contribution in [2.24, 2.45) is 0 Å². The predicted molar refractivity (Wildman–Crippen MR) is 178 cm³/mol. The molecule has 0 amide bonds. The van der Waals surface area contributed by atoms with Crippen molar-refractivity contribution in [3.05, 3.63) is 86.5 Å². The molecule has 0 aliphatic heterocycles. The summed E-state index contributed by atoms with van der Waals surface area (Å²) in [5.74, 6) is -0.164. The Kier molecular flexibility index (Phi) is 12.2. The van der Waals surface area contributed by atoms with Crippen molar-refractivity contribution < 1.29 is 28.6 Å². The van der Waals surface area contributed by atoms with Crippen molar-refractivity contribution in [2.75, 3.05) is 44.0 Å². The quantitative estimate of drug-likeness (QED) is 0.112. The highest BCUT2D eigenvalue weighted by Gasteiger charge is 2.20. The Bertz CT molecular complexity index is 1650. The molecular formula is C33H37BrClN3O6. The molecule has 234 valence electrons. The fraction of sp³-hybridized carbons (Fsp3) is 0.303. The van der Waals surface area contributed by atoms with E-state index in [1.807, 2.05) is 45.0 Å². The first kappa shape index (κ1) is 34.5. The summed E-state index contributed by atoms with van der Waals surface area (Å²) in [5, 5.41) is 1.60. The molecule has 1 aromatic heterocycles. The highest BCUT2D eigenvalue weighted by molar-refractivity contribution is 9.10. The normalized spacial score (nSPS) is 10.5. The van der Waals surface area contributed by atoms with Gasteiger partial charge in [0.15, 0.2) is 0 Å². The smallest absolute Gasteiger partial charge is 0.338 e. The third kappa shape index (κ3) is 8.12. The number of rotatable bonds is 9. The molecule has 0 radical (unpaired) electrons. The summed E-state index contributed by atoms with van der Waals surface area (Å²) in [4.78, 5) is 37.7. The molecule has 0 saturated carbocycles. The molecule has 44 heavy (non-hydrogen) atoms. The number of aromatic nitrogens is 1. The fourth-order valence-corrected chi connectivity index (χ4v) is 5.18. The highest BCUT2D eigenvalue weighted by Crippen LogP contribution is 2.36. The number of hydrogen-bond acceptors (Lipinski definition) is 8. The summed E-state index contributed by atoms with van der Waals surface area (Å²) in [5.41, 5.74) is 11.1. The van der Waals surface area contributed by atoms with Crippen molar-refractivity contribution in [3.63, 3.8) is 0 Å². The molecule has 4 aromatic rings. The van der Waals surface area contributed by atoms with Crippen LogP contribution in [-0.4, -0.2) is 55.8 Å². The molecule has 11 heteroatoms. The van der Waals surface area contributed by atoms with E-state index in [0.717, 1.165) is 46.7 Å². The third-order valence-electron chi connectivity index (χ3n) is 6.96. The number of methoxy groups -OCH3 is 1. The molecule has 0 fully saturated rings. The van der Waals surface area contributed by atoms with Crippen molar-refractivity contribution in [1.82, 2.24) is 4.57 Å². The Morgan fingerprint density at radius 3 is 2.18 bits per heavy atom. The van der Waals surface area contributed by atoms with Crippen LogP contribution in [0.3, 0.4) is 0 Å². The van der Waals surface area contributed by atoms with E-state index in [1.54, 1.807) is 48.9 Å². The van der Waals surface area contributed by atoms with Gasteiger partial charge in [0.05, 0.1) is 29.6 Å². The summed E-state index contributed by atoms with van der Waals surface area (Å²) in [6.45, 7) is 10.7. The maximum absolute atomic E-state index is 12.7. The molecule has 1 heterocycles. The van der Waals surface area contributed by atoms with Gasteiger partial charge in [0.2, 0.25) is 0 Å². The Morgan fingerprint density at radius 1 is 0.955 bits per heavy atom. The van der Waals surface area contributed by atoms with Gasteiger partial charge < -0.3 is 24.8 Å². The Hall–Kier alpha value is -4.02. The van der Waals surface area contributed by atoms with Crippen LogP contribution in [0.4, 0.5) is 11.4 Å². The first-order valence-electron chi connectivity index (χ1n) is 14.0. The molecule has 0 aliphatic rings. The summed E-state index contributed by atoms with van der Waals surface area (Å²) < 4.78 is 17.5. The molecule has 0 atom stereocenters. The molecule has 3 aromatic carbocycles. The third-order valence-corrected chi connectivity index (χ3v) is 8.23. The van der Waals surface area contributed by atoms with E-state index >= 15 is 0 Å². The van der Waals surface area contributed by atoms with Crippen LogP contribution in [0.1, 0.15) is 52.7 Å². The number of anilines is 2. The Balaban J connectivity index is 0.000000241. The van der Waals surface area contributed by atoms with Gasteiger partial charge in [0.1, 0.15) is 19.0 Å². The SMILES string of the molecule is CCN(CC)c1cc(C(=O)OCCOC(C)=O)c(C)c(Br)c1N.COc1ccc2c(c1)cc(C)n2C(=O)c1ccc(Cl)cc1. The maximum atomic E-state index is 12.7. The molecule has 0 unspecified atom stereocenters. The number of hydrogen-bond donors (Lipinski definition) is 1. The summed E-state index contributed by atoms with van der Waals surface area (Å²) in [6.07, 6.45) is 0. The first-order chi connectivity index (χ1) is 20.9. The number of aryl methyl sites for hydroxylation is 1. The number of halogens is 2. The van der Waals surface area contributed by atoms with Crippen molar-refractivity contribution in [3.8, 4) is 5.75 Å². The van der Waals surface area contributed by atoms with Gasteiger partial charge in [-0.05, 0) is 104 Å². The van der Waals surface area contributed by atoms with Crippen LogP contribution in [0.5, 0.6) is 5.75 Å². The molecule has 0 spiro atoms. The van der Waals surface area contributed by atoms with Crippen LogP contribution in [0.25, 0.3) is 10.9 Å². The topological polar surface area (TPSA) is 113 Å². The number of carbonyl (C=O) groups is 3. The minimum Gasteiger partial charge on any atom is -0.497 e. The van der Waals surface area contributed by atoms with Gasteiger partial charge in [0, 0.05) is 46.2 Å². The zero-order valence-electron chi connectivity index (χ0n) is 25.7. The Labute approximate surface area is 270 Å². The molecule has 4 rings (SSSR count). The molecule has 2 N–H and O–H groups in total. The second-order valence-corrected chi connectivity index (χ2v) is 11.0. The maximum Gasteiger partial charge on any atom is 0.338 e. The van der Waals surface area contributed by atoms with Gasteiger partial charge in [0.25, 0.3) is 5.91 Å². The largest absolute Gasteiger partial charge is 0.497 e. The van der Waals surface area contributed by atoms with Crippen LogP contribution in [0, 0.1) is 13.8 Å². The van der Waals surface area contributed by atoms with Gasteiger partial charge in [-0.15, -0.1) is 0 Å². The Morgan fingerprint density at radius 2 is 1.59 bits per heavy atom. The van der Waals surface area contributed by atoms with Gasteiger partial charge in [-0.3, -0.25) is 14.2 Å². The second kappa shape index (κ2) is 15.6. The van der Waals surface area contributed by atoms with Gasteiger partial charge in [-0.25, -0.2) is 4.79 Å². The second-order valence-electron chi connectivity index (χ2n) is 9.80. The van der Waals surface area contributed by atoms with Gasteiger partial charge >= 0.3 is 11.9 Å². The van der Waals surface area contributed by atoms with E-state index in [9.17, 15) is 14.4 Å². The minimum atomic E-state index is -0.469. The number of esters is 2. The van der Waals surface area contributed by atoms with Gasteiger partial charge in [-0.1, -0.05) is 11.6 Å². The molecule has 0 bridgehead atoms. The van der Waals surface area contributed by atoms with E-state index in [-0.39, 0.29) is 19.1 Å². The lowest BCUT2D eigenvalue weighted by Gasteiger charge is -2.25. The number of carbonyl (C=O) groups excluding carboxylic acids is 3. The van der Waals surface area contributed by atoms with Crippen molar-refractivity contribution in [2.45, 2.75) is 34.6 Å². The summed E-state index contributed by atoms with van der Waals surface area (Å²) in [6, 6.07) is 16.3. The fourth-order valence-electron chi connectivity index (χ4n) is 4.64. The molecular weight excluding hydrogens is 650 g/mol. The molecule has 9 nitrogen and oxygen atoms in total. The van der Waals surface area contributed by atoms with Crippen molar-refractivity contribution in [1.29, 1.82) is 0 Å².